The maximum atomic E-state index is 13.1. The summed E-state index contributed by atoms with van der Waals surface area (Å²) in [5.41, 5.74) is 0.771. The Balaban J connectivity index is 2.05. The molecule has 1 N–H and O–H groups in total. The van der Waals surface area contributed by atoms with E-state index in [1.165, 1.54) is 6.07 Å². The van der Waals surface area contributed by atoms with Crippen molar-refractivity contribution in [3.8, 4) is 0 Å². The molecule has 0 aromatic heterocycles. The Kier molecular flexibility index (Phi) is 3.41. The molecule has 1 aliphatic rings. The molecular formula is C13H14F2O2. The summed E-state index contributed by atoms with van der Waals surface area (Å²) in [4.78, 5) is 10.8. The second-order valence-electron chi connectivity index (χ2n) is 4.56. The van der Waals surface area contributed by atoms with E-state index in [-0.39, 0.29) is 11.8 Å². The van der Waals surface area contributed by atoms with Gasteiger partial charge in [0.1, 0.15) is 0 Å². The zero-order chi connectivity index (χ0) is 12.4. The van der Waals surface area contributed by atoms with Crippen molar-refractivity contribution in [1.82, 2.24) is 0 Å². The molecule has 1 fully saturated rings. The number of hydrogen-bond donors (Lipinski definition) is 1. The fourth-order valence-electron chi connectivity index (χ4n) is 2.44. The van der Waals surface area contributed by atoms with Gasteiger partial charge in [0.25, 0.3) is 0 Å². The summed E-state index contributed by atoms with van der Waals surface area (Å²) < 4.78 is 25.9. The maximum absolute atomic E-state index is 13.1. The molecule has 0 aliphatic heterocycles. The molecule has 4 heteroatoms. The van der Waals surface area contributed by atoms with Gasteiger partial charge in [0.15, 0.2) is 11.6 Å². The molecule has 1 aromatic rings. The van der Waals surface area contributed by atoms with E-state index in [0.29, 0.717) is 12.8 Å². The standard InChI is InChI=1S/C13H14F2O2/c14-11-6-5-10(7-12(11)15)8-1-3-9(4-2-8)13(16)17/h5-9H,1-4H2,(H,16,17). The van der Waals surface area contributed by atoms with Gasteiger partial charge in [0.2, 0.25) is 0 Å². The monoisotopic (exact) mass is 240 g/mol. The lowest BCUT2D eigenvalue weighted by molar-refractivity contribution is -0.142. The average molecular weight is 240 g/mol. The largest absolute Gasteiger partial charge is 0.481 e. The first-order chi connectivity index (χ1) is 8.08. The van der Waals surface area contributed by atoms with E-state index < -0.39 is 17.6 Å². The van der Waals surface area contributed by atoms with Crippen molar-refractivity contribution >= 4 is 5.97 Å². The minimum absolute atomic E-state index is 0.153. The van der Waals surface area contributed by atoms with Crippen molar-refractivity contribution in [1.29, 1.82) is 0 Å². The van der Waals surface area contributed by atoms with Crippen LogP contribution >= 0.6 is 0 Å². The molecule has 1 aromatic carbocycles. The first-order valence-corrected chi connectivity index (χ1v) is 5.75. The molecule has 2 nitrogen and oxygen atoms in total. The Morgan fingerprint density at radius 2 is 1.76 bits per heavy atom. The topological polar surface area (TPSA) is 37.3 Å². The van der Waals surface area contributed by atoms with Gasteiger partial charge in [-0.25, -0.2) is 8.78 Å². The highest BCUT2D eigenvalue weighted by atomic mass is 19.2. The first-order valence-electron chi connectivity index (χ1n) is 5.75. The number of carbonyl (C=O) groups is 1. The second kappa shape index (κ2) is 4.82. The van der Waals surface area contributed by atoms with Crippen LogP contribution in [-0.2, 0) is 4.79 Å². The highest BCUT2D eigenvalue weighted by Crippen LogP contribution is 2.36. The van der Waals surface area contributed by atoms with Crippen molar-refractivity contribution in [2.24, 2.45) is 5.92 Å². The number of aliphatic carboxylic acids is 1. The van der Waals surface area contributed by atoms with Gasteiger partial charge in [-0.1, -0.05) is 6.07 Å². The lowest BCUT2D eigenvalue weighted by Gasteiger charge is -2.26. The van der Waals surface area contributed by atoms with Crippen LogP contribution in [0.25, 0.3) is 0 Å². The molecule has 1 saturated carbocycles. The van der Waals surface area contributed by atoms with Crippen molar-refractivity contribution in [2.45, 2.75) is 31.6 Å². The normalized spacial score (nSPS) is 24.6. The molecule has 0 saturated heterocycles. The van der Waals surface area contributed by atoms with E-state index in [4.69, 9.17) is 5.11 Å². The molecule has 1 aliphatic carbocycles. The van der Waals surface area contributed by atoms with E-state index in [9.17, 15) is 13.6 Å². The van der Waals surface area contributed by atoms with Gasteiger partial charge in [0.05, 0.1) is 5.92 Å². The van der Waals surface area contributed by atoms with E-state index in [1.54, 1.807) is 6.07 Å². The second-order valence-corrected chi connectivity index (χ2v) is 4.56. The van der Waals surface area contributed by atoms with Crippen LogP contribution in [0.2, 0.25) is 0 Å². The Labute approximate surface area is 98.3 Å². The predicted octanol–water partition coefficient (Wildman–Crippen LogP) is 3.32. The van der Waals surface area contributed by atoms with Crippen molar-refractivity contribution in [2.75, 3.05) is 0 Å². The Bertz CT molecular complexity index is 423. The van der Waals surface area contributed by atoms with E-state index in [1.807, 2.05) is 0 Å². The van der Waals surface area contributed by atoms with Crippen LogP contribution in [-0.4, -0.2) is 11.1 Å². The Morgan fingerprint density at radius 1 is 1.12 bits per heavy atom. The lowest BCUT2D eigenvalue weighted by atomic mass is 9.79. The maximum Gasteiger partial charge on any atom is 0.306 e. The van der Waals surface area contributed by atoms with Gasteiger partial charge in [-0.3, -0.25) is 4.79 Å². The van der Waals surface area contributed by atoms with E-state index >= 15 is 0 Å². The summed E-state index contributed by atoms with van der Waals surface area (Å²) in [6.45, 7) is 0. The fourth-order valence-corrected chi connectivity index (χ4v) is 2.44. The van der Waals surface area contributed by atoms with Crippen LogP contribution in [0.4, 0.5) is 8.78 Å². The van der Waals surface area contributed by atoms with Gasteiger partial charge in [-0.05, 0) is 49.3 Å². The van der Waals surface area contributed by atoms with Crippen molar-refractivity contribution in [3.05, 3.63) is 35.4 Å². The molecule has 0 spiro atoms. The van der Waals surface area contributed by atoms with E-state index in [2.05, 4.69) is 0 Å². The zero-order valence-corrected chi connectivity index (χ0v) is 9.33. The molecule has 0 radical (unpaired) electrons. The third-order valence-corrected chi connectivity index (χ3v) is 3.49. The average Bonchev–Trinajstić information content (AvgIpc) is 2.33. The number of halogens is 2. The van der Waals surface area contributed by atoms with Crippen molar-refractivity contribution in [3.63, 3.8) is 0 Å². The number of carboxylic acid groups (broad SMARTS) is 1. The summed E-state index contributed by atoms with van der Waals surface area (Å²) in [6, 6.07) is 3.94. The quantitative estimate of drug-likeness (QED) is 0.861. The molecular weight excluding hydrogens is 226 g/mol. The SMILES string of the molecule is O=C(O)C1CCC(c2ccc(F)c(F)c2)CC1. The minimum Gasteiger partial charge on any atom is -0.481 e. The number of rotatable bonds is 2. The van der Waals surface area contributed by atoms with Gasteiger partial charge in [-0.15, -0.1) is 0 Å². The van der Waals surface area contributed by atoms with Crippen LogP contribution < -0.4 is 0 Å². The van der Waals surface area contributed by atoms with Crippen LogP contribution in [0.1, 0.15) is 37.2 Å². The molecule has 0 bridgehead atoms. The van der Waals surface area contributed by atoms with E-state index in [0.717, 1.165) is 24.5 Å². The van der Waals surface area contributed by atoms with Crippen LogP contribution in [0.5, 0.6) is 0 Å². The minimum atomic E-state index is -0.840. The first kappa shape index (κ1) is 12.0. The molecule has 0 amide bonds. The lowest BCUT2D eigenvalue weighted by Crippen LogP contribution is -2.20. The third kappa shape index (κ3) is 2.62. The zero-order valence-electron chi connectivity index (χ0n) is 9.33. The Morgan fingerprint density at radius 3 is 2.29 bits per heavy atom. The van der Waals surface area contributed by atoms with Gasteiger partial charge < -0.3 is 5.11 Å². The fraction of sp³-hybridized carbons (Fsp3) is 0.462. The Hall–Kier alpha value is -1.45. The number of hydrogen-bond acceptors (Lipinski definition) is 1. The molecule has 2 rings (SSSR count). The summed E-state index contributed by atoms with van der Waals surface area (Å²) in [7, 11) is 0. The molecule has 0 heterocycles. The summed E-state index contributed by atoms with van der Waals surface area (Å²) >= 11 is 0. The van der Waals surface area contributed by atoms with Crippen molar-refractivity contribution < 1.29 is 18.7 Å². The smallest absolute Gasteiger partial charge is 0.306 e. The highest BCUT2D eigenvalue weighted by Gasteiger charge is 2.26. The third-order valence-electron chi connectivity index (χ3n) is 3.49. The highest BCUT2D eigenvalue weighted by molar-refractivity contribution is 5.70. The van der Waals surface area contributed by atoms with Gasteiger partial charge >= 0.3 is 5.97 Å². The summed E-state index contributed by atoms with van der Waals surface area (Å²) in [6.07, 6.45) is 2.67. The summed E-state index contributed by atoms with van der Waals surface area (Å²) in [5.74, 6) is -2.55. The van der Waals surface area contributed by atoms with Crippen LogP contribution in [0, 0.1) is 17.6 Å². The summed E-state index contributed by atoms with van der Waals surface area (Å²) in [5, 5.41) is 8.87. The molecule has 0 atom stereocenters. The molecule has 92 valence electrons. The number of carboxylic acids is 1. The number of benzene rings is 1. The molecule has 17 heavy (non-hydrogen) atoms. The van der Waals surface area contributed by atoms with Gasteiger partial charge in [0, 0.05) is 0 Å². The van der Waals surface area contributed by atoms with Crippen LogP contribution in [0.3, 0.4) is 0 Å². The van der Waals surface area contributed by atoms with Crippen LogP contribution in [0.15, 0.2) is 18.2 Å². The predicted molar refractivity (Wildman–Crippen MR) is 58.7 cm³/mol. The molecule has 0 unspecified atom stereocenters. The van der Waals surface area contributed by atoms with Gasteiger partial charge in [-0.2, -0.15) is 0 Å².